The molecular weight excluding hydrogens is 300 g/mol. The zero-order valence-electron chi connectivity index (χ0n) is 13.6. The molecule has 1 aliphatic heterocycles. The quantitative estimate of drug-likeness (QED) is 0.855. The van der Waals surface area contributed by atoms with E-state index in [4.69, 9.17) is 0 Å². The van der Waals surface area contributed by atoms with Gasteiger partial charge in [-0.3, -0.25) is 4.79 Å². The van der Waals surface area contributed by atoms with Crippen LogP contribution in [0.5, 0.6) is 0 Å². The lowest BCUT2D eigenvalue weighted by molar-refractivity contribution is -0.126. The smallest absolute Gasteiger partial charge is 0.238 e. The number of rotatable bonds is 4. The fourth-order valence-electron chi connectivity index (χ4n) is 4.90. The van der Waals surface area contributed by atoms with Crippen LogP contribution in [-0.4, -0.2) is 43.5 Å². The lowest BCUT2D eigenvalue weighted by atomic mass is 9.84. The van der Waals surface area contributed by atoms with Crippen molar-refractivity contribution in [1.82, 2.24) is 9.62 Å². The maximum atomic E-state index is 12.6. The first-order valence-electron chi connectivity index (χ1n) is 8.63. The van der Waals surface area contributed by atoms with Crippen molar-refractivity contribution in [2.45, 2.75) is 64.0 Å². The van der Waals surface area contributed by atoms with Gasteiger partial charge in [0.1, 0.15) is 6.04 Å². The van der Waals surface area contributed by atoms with Gasteiger partial charge in [-0.15, -0.1) is 0 Å². The van der Waals surface area contributed by atoms with Crippen LogP contribution in [-0.2, 0) is 14.8 Å². The molecule has 3 fully saturated rings. The van der Waals surface area contributed by atoms with Crippen molar-refractivity contribution in [2.24, 2.45) is 17.8 Å². The van der Waals surface area contributed by atoms with Gasteiger partial charge in [0.05, 0.1) is 6.26 Å². The van der Waals surface area contributed by atoms with Gasteiger partial charge in [-0.25, -0.2) is 8.42 Å². The molecule has 0 aromatic rings. The fourth-order valence-corrected chi connectivity index (χ4v) is 6.02. The van der Waals surface area contributed by atoms with E-state index in [1.165, 1.54) is 36.2 Å². The van der Waals surface area contributed by atoms with Crippen LogP contribution in [0.15, 0.2) is 0 Å². The fraction of sp³-hybridized carbons (Fsp3) is 0.938. The summed E-state index contributed by atoms with van der Waals surface area (Å²) in [5.41, 5.74) is 0. The third kappa shape index (κ3) is 3.18. The molecular formula is C16H28N2O3S. The summed E-state index contributed by atoms with van der Waals surface area (Å²) in [6.07, 6.45) is 8.82. The Balaban J connectivity index is 1.63. The summed E-state index contributed by atoms with van der Waals surface area (Å²) in [6, 6.07) is -0.351. The van der Waals surface area contributed by atoms with Crippen molar-refractivity contribution in [3.63, 3.8) is 0 Å². The van der Waals surface area contributed by atoms with Crippen LogP contribution in [0.3, 0.4) is 0 Å². The molecule has 0 radical (unpaired) electrons. The number of sulfonamides is 1. The van der Waals surface area contributed by atoms with E-state index in [1.807, 2.05) is 0 Å². The minimum absolute atomic E-state index is 0.0969. The van der Waals surface area contributed by atoms with E-state index < -0.39 is 16.1 Å². The Labute approximate surface area is 133 Å². The number of nitrogens with zero attached hydrogens (tertiary/aromatic N) is 1. The molecule has 0 unspecified atom stereocenters. The molecule has 0 aromatic carbocycles. The normalized spacial score (nSPS) is 37.2. The third-order valence-corrected chi connectivity index (χ3v) is 7.28. The van der Waals surface area contributed by atoms with Crippen LogP contribution < -0.4 is 5.32 Å². The summed E-state index contributed by atoms with van der Waals surface area (Å²) in [6.45, 7) is 2.57. The topological polar surface area (TPSA) is 66.5 Å². The van der Waals surface area contributed by atoms with Crippen LogP contribution in [0.2, 0.25) is 0 Å². The highest BCUT2D eigenvalue weighted by atomic mass is 32.2. The second-order valence-electron chi connectivity index (χ2n) is 7.52. The van der Waals surface area contributed by atoms with Crippen LogP contribution in [0, 0.1) is 17.8 Å². The second kappa shape index (κ2) is 6.11. The molecule has 0 spiro atoms. The summed E-state index contributed by atoms with van der Waals surface area (Å²) in [7, 11) is -3.31. The summed E-state index contributed by atoms with van der Waals surface area (Å²) in [5, 5.41) is 3.13. The van der Waals surface area contributed by atoms with Crippen molar-refractivity contribution in [3.05, 3.63) is 0 Å². The number of hydrogen-bond donors (Lipinski definition) is 1. The predicted molar refractivity (Wildman–Crippen MR) is 85.7 cm³/mol. The van der Waals surface area contributed by atoms with Crippen molar-refractivity contribution < 1.29 is 13.2 Å². The summed E-state index contributed by atoms with van der Waals surface area (Å²) in [5.74, 6) is 2.10. The molecule has 1 heterocycles. The summed E-state index contributed by atoms with van der Waals surface area (Å²) in [4.78, 5) is 12.6. The van der Waals surface area contributed by atoms with E-state index >= 15 is 0 Å². The standard InChI is InChI=1S/C16H28N2O3S/c1-11(14-10-12-6-7-13(14)9-12)17-16(19)15-5-3-4-8-18(15)22(2,20)21/h11-15H,3-10H2,1-2H3,(H,17,19)/t11-,12-,13-,14-,15+/m0/s1. The average molecular weight is 328 g/mol. The van der Waals surface area contributed by atoms with Gasteiger partial charge in [-0.05, 0) is 56.8 Å². The number of hydrogen-bond acceptors (Lipinski definition) is 3. The number of carbonyl (C=O) groups excluding carboxylic acids is 1. The van der Waals surface area contributed by atoms with E-state index in [1.54, 1.807) is 0 Å². The molecule has 2 saturated carbocycles. The summed E-state index contributed by atoms with van der Waals surface area (Å²) >= 11 is 0. The maximum absolute atomic E-state index is 12.6. The molecule has 1 amide bonds. The molecule has 22 heavy (non-hydrogen) atoms. The largest absolute Gasteiger partial charge is 0.352 e. The number of carbonyl (C=O) groups is 1. The molecule has 1 N–H and O–H groups in total. The predicted octanol–water partition coefficient (Wildman–Crippen LogP) is 1.74. The lowest BCUT2D eigenvalue weighted by Gasteiger charge is -2.35. The van der Waals surface area contributed by atoms with Gasteiger partial charge in [0, 0.05) is 12.6 Å². The summed E-state index contributed by atoms with van der Waals surface area (Å²) < 4.78 is 25.2. The molecule has 126 valence electrons. The Bertz CT molecular complexity index is 534. The SMILES string of the molecule is C[C@H](NC(=O)[C@H]1CCCCN1S(C)(=O)=O)[C@@H]1C[C@H]2CC[C@H]1C2. The number of fused-ring (bicyclic) bond motifs is 2. The molecule has 3 aliphatic rings. The Morgan fingerprint density at radius 2 is 1.95 bits per heavy atom. The molecule has 2 bridgehead atoms. The van der Waals surface area contributed by atoms with Crippen LogP contribution in [0.25, 0.3) is 0 Å². The molecule has 1 saturated heterocycles. The van der Waals surface area contributed by atoms with Gasteiger partial charge in [-0.2, -0.15) is 4.31 Å². The first-order valence-corrected chi connectivity index (χ1v) is 10.5. The lowest BCUT2D eigenvalue weighted by Crippen LogP contribution is -2.54. The van der Waals surface area contributed by atoms with Gasteiger partial charge in [0.2, 0.25) is 15.9 Å². The first-order chi connectivity index (χ1) is 10.4. The van der Waals surface area contributed by atoms with Crippen molar-refractivity contribution >= 4 is 15.9 Å². The molecule has 5 atom stereocenters. The van der Waals surface area contributed by atoms with E-state index in [2.05, 4.69) is 12.2 Å². The van der Waals surface area contributed by atoms with Crippen molar-refractivity contribution in [2.75, 3.05) is 12.8 Å². The zero-order chi connectivity index (χ0) is 15.9. The molecule has 3 rings (SSSR count). The Morgan fingerprint density at radius 1 is 1.18 bits per heavy atom. The Hall–Kier alpha value is -0.620. The van der Waals surface area contributed by atoms with Crippen LogP contribution in [0.1, 0.15) is 51.9 Å². The monoisotopic (exact) mass is 328 g/mol. The molecule has 2 aliphatic carbocycles. The van der Waals surface area contributed by atoms with E-state index in [-0.39, 0.29) is 11.9 Å². The minimum Gasteiger partial charge on any atom is -0.352 e. The molecule has 0 aromatic heterocycles. The van der Waals surface area contributed by atoms with Crippen molar-refractivity contribution in [3.8, 4) is 0 Å². The highest BCUT2D eigenvalue weighted by molar-refractivity contribution is 7.88. The number of amides is 1. The molecule has 5 nitrogen and oxygen atoms in total. The van der Waals surface area contributed by atoms with E-state index in [9.17, 15) is 13.2 Å². The Kier molecular flexibility index (Phi) is 4.52. The highest BCUT2D eigenvalue weighted by Crippen LogP contribution is 2.49. The maximum Gasteiger partial charge on any atom is 0.238 e. The van der Waals surface area contributed by atoms with Gasteiger partial charge in [-0.1, -0.05) is 12.8 Å². The van der Waals surface area contributed by atoms with Gasteiger partial charge in [0.15, 0.2) is 0 Å². The number of nitrogens with one attached hydrogen (secondary N) is 1. The zero-order valence-corrected chi connectivity index (χ0v) is 14.4. The van der Waals surface area contributed by atoms with Crippen LogP contribution in [0.4, 0.5) is 0 Å². The second-order valence-corrected chi connectivity index (χ2v) is 9.46. The first kappa shape index (κ1) is 16.2. The Morgan fingerprint density at radius 3 is 2.55 bits per heavy atom. The molecule has 6 heteroatoms. The van der Waals surface area contributed by atoms with Crippen molar-refractivity contribution in [1.29, 1.82) is 0 Å². The van der Waals surface area contributed by atoms with Gasteiger partial charge >= 0.3 is 0 Å². The van der Waals surface area contributed by atoms with E-state index in [0.717, 1.165) is 24.7 Å². The van der Waals surface area contributed by atoms with Gasteiger partial charge < -0.3 is 5.32 Å². The van der Waals surface area contributed by atoms with E-state index in [0.29, 0.717) is 18.9 Å². The van der Waals surface area contributed by atoms with Gasteiger partial charge in [0.25, 0.3) is 0 Å². The third-order valence-electron chi connectivity index (χ3n) is 5.99. The number of piperidine rings is 1. The average Bonchev–Trinajstić information content (AvgIpc) is 3.09. The highest BCUT2D eigenvalue weighted by Gasteiger charge is 2.43. The minimum atomic E-state index is -3.31. The van der Waals surface area contributed by atoms with Crippen LogP contribution >= 0.6 is 0 Å².